The first kappa shape index (κ1) is 27.6. The molecule has 3 N–H and O–H groups in total. The molecule has 208 valence electrons. The zero-order valence-corrected chi connectivity index (χ0v) is 20.8. The fourth-order valence-corrected chi connectivity index (χ4v) is 4.54. The number of ether oxygens (including phenoxy) is 1. The van der Waals surface area contributed by atoms with E-state index in [1.54, 1.807) is 6.07 Å². The minimum atomic E-state index is -9.99. The number of carbonyl (C=O) groups is 2. The zero-order chi connectivity index (χ0) is 27.8. The van der Waals surface area contributed by atoms with E-state index in [-0.39, 0.29) is 31.0 Å². The van der Waals surface area contributed by atoms with Crippen molar-refractivity contribution >= 4 is 50.2 Å². The van der Waals surface area contributed by atoms with Crippen molar-refractivity contribution in [2.45, 2.75) is 36.9 Å². The molecule has 1 aromatic heterocycles. The van der Waals surface area contributed by atoms with Crippen molar-refractivity contribution in [1.82, 2.24) is 5.16 Å². The fourth-order valence-electron chi connectivity index (χ4n) is 3.86. The van der Waals surface area contributed by atoms with E-state index >= 15 is 0 Å². The van der Waals surface area contributed by atoms with E-state index in [2.05, 4.69) is 15.8 Å². The van der Waals surface area contributed by atoms with Gasteiger partial charge in [-0.2, -0.15) is 0 Å². The van der Waals surface area contributed by atoms with Crippen molar-refractivity contribution in [2.24, 2.45) is 0 Å². The molecule has 0 spiro atoms. The largest absolute Gasteiger partial charge is 0.380 e. The van der Waals surface area contributed by atoms with Crippen molar-refractivity contribution in [2.75, 3.05) is 35.2 Å². The van der Waals surface area contributed by atoms with Crippen LogP contribution in [-0.4, -0.2) is 54.0 Å². The zero-order valence-electron chi connectivity index (χ0n) is 20.0. The van der Waals surface area contributed by atoms with Crippen LogP contribution in [0, 0.1) is 0 Å². The first-order chi connectivity index (χ1) is 17.7. The summed E-state index contributed by atoms with van der Waals surface area (Å²) in [5.74, 6) is -1.57. The van der Waals surface area contributed by atoms with Gasteiger partial charge in [-0.15, -0.1) is 0 Å². The summed E-state index contributed by atoms with van der Waals surface area (Å²) in [6.45, 7) is 2.20. The second kappa shape index (κ2) is 9.39. The minimum absolute atomic E-state index is 0.159. The topological polar surface area (TPSA) is 117 Å². The van der Waals surface area contributed by atoms with Crippen LogP contribution in [0.4, 0.5) is 36.6 Å². The fraction of sp³-hybridized carbons (Fsp3) is 0.348. The van der Waals surface area contributed by atoms with Crippen molar-refractivity contribution in [1.29, 1.82) is 0 Å². The van der Waals surface area contributed by atoms with Crippen LogP contribution in [0.2, 0.25) is 0 Å². The summed E-state index contributed by atoms with van der Waals surface area (Å²) in [7, 11) is -9.99. The molecule has 3 aromatic rings. The number of rotatable bonds is 9. The SMILES string of the molecule is CCCCNc1noc2cc(NC(=O)C(O)C3OCCN(c4cccc(S(F)(F)(F)(F)F)c4)C3=O)ccc12. The summed E-state index contributed by atoms with van der Waals surface area (Å²) in [5, 5.41) is 20.7. The number of nitrogens with one attached hydrogen (secondary N) is 2. The Hall–Kier alpha value is -3.43. The van der Waals surface area contributed by atoms with E-state index in [0.717, 1.165) is 29.9 Å². The molecular weight excluding hydrogens is 539 g/mol. The molecule has 2 aromatic carbocycles. The van der Waals surface area contributed by atoms with E-state index in [1.807, 2.05) is 6.92 Å². The van der Waals surface area contributed by atoms with Crippen molar-refractivity contribution in [3.05, 3.63) is 42.5 Å². The molecule has 1 fully saturated rings. The van der Waals surface area contributed by atoms with Crippen molar-refractivity contribution in [3.8, 4) is 0 Å². The lowest BCUT2D eigenvalue weighted by molar-refractivity contribution is -0.150. The Morgan fingerprint density at radius 3 is 2.68 bits per heavy atom. The van der Waals surface area contributed by atoms with Gasteiger partial charge in [0.15, 0.2) is 23.6 Å². The van der Waals surface area contributed by atoms with E-state index in [9.17, 15) is 34.1 Å². The lowest BCUT2D eigenvalue weighted by atomic mass is 10.1. The van der Waals surface area contributed by atoms with Crippen LogP contribution in [0.5, 0.6) is 0 Å². The van der Waals surface area contributed by atoms with E-state index in [0.29, 0.717) is 23.3 Å². The number of nitrogens with zero attached hydrogens (tertiary/aromatic N) is 2. The lowest BCUT2D eigenvalue weighted by Gasteiger charge is -2.41. The van der Waals surface area contributed by atoms with Crippen LogP contribution in [-0.2, 0) is 14.3 Å². The van der Waals surface area contributed by atoms with Crippen molar-refractivity contribution in [3.63, 3.8) is 0 Å². The first-order valence-corrected chi connectivity index (χ1v) is 13.5. The second-order valence-corrected chi connectivity index (χ2v) is 11.1. The lowest BCUT2D eigenvalue weighted by Crippen LogP contribution is -2.55. The third-order valence-corrected chi connectivity index (χ3v) is 6.96. The molecule has 1 saturated heterocycles. The van der Waals surface area contributed by atoms with Gasteiger partial charge in [0.1, 0.15) is 4.90 Å². The van der Waals surface area contributed by atoms with Gasteiger partial charge in [-0.25, -0.2) is 0 Å². The number of anilines is 3. The number of aliphatic hydroxyl groups excluding tert-OH is 1. The van der Waals surface area contributed by atoms with E-state index < -0.39 is 44.8 Å². The highest BCUT2D eigenvalue weighted by molar-refractivity contribution is 8.45. The predicted octanol–water partition coefficient (Wildman–Crippen LogP) is 5.43. The Morgan fingerprint density at radius 2 is 1.97 bits per heavy atom. The number of hydrogen-bond acceptors (Lipinski definition) is 7. The molecule has 0 aliphatic carbocycles. The van der Waals surface area contributed by atoms with Gasteiger partial charge in [-0.05, 0) is 36.8 Å². The van der Waals surface area contributed by atoms with Crippen LogP contribution >= 0.6 is 10.2 Å². The number of carbonyl (C=O) groups excluding carboxylic acids is 2. The Labute approximate surface area is 213 Å². The summed E-state index contributed by atoms with van der Waals surface area (Å²) in [5.41, 5.74) is 0.0820. The molecule has 9 nitrogen and oxygen atoms in total. The maximum Gasteiger partial charge on any atom is 0.310 e. The maximum atomic E-state index is 13.2. The summed E-state index contributed by atoms with van der Waals surface area (Å²) in [6, 6.07) is 6.77. The molecule has 1 aliphatic heterocycles. The molecule has 2 heterocycles. The predicted molar refractivity (Wildman–Crippen MR) is 132 cm³/mol. The smallest absolute Gasteiger partial charge is 0.310 e. The number of aliphatic hydroxyl groups is 1. The molecule has 4 rings (SSSR count). The van der Waals surface area contributed by atoms with Crippen molar-refractivity contribution < 1.29 is 43.4 Å². The summed E-state index contributed by atoms with van der Waals surface area (Å²) < 4.78 is 76.7. The van der Waals surface area contributed by atoms with Crippen LogP contribution in [0.15, 0.2) is 51.9 Å². The Morgan fingerprint density at radius 1 is 1.21 bits per heavy atom. The Kier molecular flexibility index (Phi) is 6.82. The number of amides is 2. The highest BCUT2D eigenvalue weighted by Gasteiger charge is 2.65. The average Bonchev–Trinajstić information content (AvgIpc) is 3.25. The number of unbranched alkanes of at least 4 members (excludes halogenated alkanes) is 1. The second-order valence-electron chi connectivity index (χ2n) is 8.70. The molecule has 38 heavy (non-hydrogen) atoms. The van der Waals surface area contributed by atoms with Gasteiger partial charge in [-0.3, -0.25) is 9.59 Å². The molecule has 0 radical (unpaired) electrons. The third kappa shape index (κ3) is 6.00. The molecule has 1 aliphatic rings. The summed E-state index contributed by atoms with van der Waals surface area (Å²) in [6.07, 6.45) is -1.92. The highest BCUT2D eigenvalue weighted by Crippen LogP contribution is 3.02. The molecule has 2 atom stereocenters. The van der Waals surface area contributed by atoms with Gasteiger partial charge in [0.2, 0.25) is 0 Å². The van der Waals surface area contributed by atoms with Gasteiger partial charge >= 0.3 is 10.2 Å². The van der Waals surface area contributed by atoms with E-state index in [1.165, 1.54) is 12.1 Å². The molecule has 15 heteroatoms. The molecular formula is C23H25F5N4O5S. The van der Waals surface area contributed by atoms with Gasteiger partial charge in [0.25, 0.3) is 11.8 Å². The number of hydrogen-bond donors (Lipinski definition) is 3. The third-order valence-electron chi connectivity index (χ3n) is 5.81. The quantitative estimate of drug-likeness (QED) is 0.234. The molecule has 0 bridgehead atoms. The van der Waals surface area contributed by atoms with Gasteiger partial charge in [0, 0.05) is 30.5 Å². The molecule has 0 saturated carbocycles. The van der Waals surface area contributed by atoms with Gasteiger partial charge < -0.3 is 29.9 Å². The monoisotopic (exact) mass is 564 g/mol. The summed E-state index contributed by atoms with van der Waals surface area (Å²) >= 11 is 0. The van der Waals surface area contributed by atoms with Gasteiger partial charge in [-0.1, -0.05) is 44.0 Å². The van der Waals surface area contributed by atoms with Crippen LogP contribution in [0.1, 0.15) is 19.8 Å². The van der Waals surface area contributed by atoms with Crippen LogP contribution in [0.3, 0.4) is 0 Å². The van der Waals surface area contributed by atoms with E-state index in [4.69, 9.17) is 9.26 Å². The number of benzene rings is 2. The molecule has 2 unspecified atom stereocenters. The summed E-state index contributed by atoms with van der Waals surface area (Å²) in [4.78, 5) is 24.2. The number of morpholine rings is 1. The molecule has 2 amide bonds. The number of fused-ring (bicyclic) bond motifs is 1. The van der Waals surface area contributed by atoms with Gasteiger partial charge in [0.05, 0.1) is 12.0 Å². The minimum Gasteiger partial charge on any atom is -0.380 e. The maximum absolute atomic E-state index is 13.2. The number of aromatic nitrogens is 1. The first-order valence-electron chi connectivity index (χ1n) is 11.6. The normalized spacial score (nSPS) is 19.1. The standard InChI is InChI=1S/C23H25F5N4O5S/c1-2-3-9-29-21-17-8-7-14(12-18(17)37-31-21)30-22(34)19(33)20-23(35)32(10-11-36-20)15-5-4-6-16(13-15)38(24,25,26,27)28/h4-8,12-13,19-20,33H,2-3,9-11H2,1H3,(H,29,31)(H,30,34). The average molecular weight is 565 g/mol. The number of halogens is 5. The highest BCUT2D eigenvalue weighted by atomic mass is 32.5. The Bertz CT molecular complexity index is 1370. The van der Waals surface area contributed by atoms with Crippen LogP contribution in [0.25, 0.3) is 11.0 Å². The van der Waals surface area contributed by atoms with Crippen LogP contribution < -0.4 is 15.5 Å². The Balaban J connectivity index is 1.47.